The summed E-state index contributed by atoms with van der Waals surface area (Å²) in [5.41, 5.74) is 3.99. The van der Waals surface area contributed by atoms with Gasteiger partial charge in [-0.25, -0.2) is 8.78 Å². The van der Waals surface area contributed by atoms with Crippen LogP contribution in [-0.4, -0.2) is 21.6 Å². The first kappa shape index (κ1) is 20.0. The van der Waals surface area contributed by atoms with E-state index in [4.69, 9.17) is 28.6 Å². The molecule has 7 heteroatoms. The molecule has 158 valence electrons. The minimum Gasteiger partial charge on any atom is -0.432 e. The lowest BCUT2D eigenvalue weighted by atomic mass is 9.93. The number of thiocarbonyl (C=S) groups is 1. The van der Waals surface area contributed by atoms with Gasteiger partial charge in [0.25, 0.3) is 5.17 Å². The van der Waals surface area contributed by atoms with Crippen molar-refractivity contribution < 1.29 is 14.9 Å². The number of fused-ring (bicyclic) bond motifs is 3. The standard InChI is InChI=1S/C24H17ClF2N2OS.H2/c25-15-3-10-21-20(13-15)19-11-12-29(24(31)30-18-8-6-17(27)7-9-18)23(22(19)28-21)14-1-4-16(26)5-2-14;/h1-10,13,23,28H,11-12H2;1H. The van der Waals surface area contributed by atoms with Crippen molar-refractivity contribution >= 4 is 39.9 Å². The van der Waals surface area contributed by atoms with Gasteiger partial charge in [-0.05, 0) is 84.4 Å². The largest absolute Gasteiger partial charge is 0.432 e. The maximum absolute atomic E-state index is 13.6. The molecule has 4 aromatic rings. The van der Waals surface area contributed by atoms with Gasteiger partial charge in [-0.3, -0.25) is 0 Å². The summed E-state index contributed by atoms with van der Waals surface area (Å²) in [6.45, 7) is 0.606. The Kier molecular flexibility index (Phi) is 5.12. The second-order valence-corrected chi connectivity index (χ2v) is 8.21. The van der Waals surface area contributed by atoms with Gasteiger partial charge in [-0.1, -0.05) is 23.7 Å². The van der Waals surface area contributed by atoms with Gasteiger partial charge in [-0.2, -0.15) is 0 Å². The summed E-state index contributed by atoms with van der Waals surface area (Å²) in [7, 11) is 0. The van der Waals surface area contributed by atoms with E-state index in [1.165, 1.54) is 36.4 Å². The van der Waals surface area contributed by atoms with Crippen LogP contribution in [0.25, 0.3) is 10.9 Å². The van der Waals surface area contributed by atoms with E-state index < -0.39 is 0 Å². The maximum Gasteiger partial charge on any atom is 0.265 e. The Labute approximate surface area is 189 Å². The van der Waals surface area contributed by atoms with Gasteiger partial charge < -0.3 is 14.6 Å². The first-order chi connectivity index (χ1) is 15.0. The van der Waals surface area contributed by atoms with Crippen molar-refractivity contribution in [3.63, 3.8) is 0 Å². The Balaban J connectivity index is 0.00000245. The van der Waals surface area contributed by atoms with Crippen LogP contribution in [0.1, 0.15) is 24.3 Å². The number of nitrogens with one attached hydrogen (secondary N) is 1. The van der Waals surface area contributed by atoms with Gasteiger partial charge in [0.15, 0.2) is 0 Å². The lowest BCUT2D eigenvalue weighted by Crippen LogP contribution is -2.42. The van der Waals surface area contributed by atoms with Crippen molar-refractivity contribution in [2.75, 3.05) is 6.54 Å². The van der Waals surface area contributed by atoms with E-state index in [-0.39, 0.29) is 24.3 Å². The van der Waals surface area contributed by atoms with Crippen LogP contribution < -0.4 is 4.74 Å². The molecule has 0 bridgehead atoms. The van der Waals surface area contributed by atoms with Crippen molar-refractivity contribution in [2.45, 2.75) is 12.5 Å². The molecule has 0 amide bonds. The highest BCUT2D eigenvalue weighted by molar-refractivity contribution is 7.80. The monoisotopic (exact) mass is 456 g/mol. The van der Waals surface area contributed by atoms with Gasteiger partial charge in [0.05, 0.1) is 6.04 Å². The molecular weight excluding hydrogens is 438 g/mol. The van der Waals surface area contributed by atoms with E-state index in [0.717, 1.165) is 34.1 Å². The molecule has 3 nitrogen and oxygen atoms in total. The molecule has 1 aliphatic rings. The Morgan fingerprint density at radius 2 is 1.71 bits per heavy atom. The van der Waals surface area contributed by atoms with E-state index in [0.29, 0.717) is 17.3 Å². The molecule has 0 saturated heterocycles. The molecule has 1 atom stereocenters. The van der Waals surface area contributed by atoms with Crippen LogP contribution >= 0.6 is 23.8 Å². The number of aromatic amines is 1. The molecule has 2 heterocycles. The zero-order valence-corrected chi connectivity index (χ0v) is 17.8. The quantitative estimate of drug-likeness (QED) is 0.342. The first-order valence-electron chi connectivity index (χ1n) is 9.79. The molecule has 31 heavy (non-hydrogen) atoms. The molecule has 0 aliphatic carbocycles. The van der Waals surface area contributed by atoms with Gasteiger partial charge in [0.2, 0.25) is 0 Å². The van der Waals surface area contributed by atoms with Crippen molar-refractivity contribution in [1.82, 2.24) is 9.88 Å². The molecular formula is C24H19ClF2N2OS. The molecule has 0 saturated carbocycles. The smallest absolute Gasteiger partial charge is 0.265 e. The van der Waals surface area contributed by atoms with Gasteiger partial charge in [-0.15, -0.1) is 0 Å². The second kappa shape index (κ2) is 7.94. The minimum atomic E-state index is -0.346. The zero-order valence-electron chi connectivity index (χ0n) is 16.2. The minimum absolute atomic E-state index is 0. The van der Waals surface area contributed by atoms with Gasteiger partial charge in [0.1, 0.15) is 17.4 Å². The highest BCUT2D eigenvalue weighted by Crippen LogP contribution is 2.39. The number of ether oxygens (including phenoxy) is 1. The van der Waals surface area contributed by atoms with Crippen LogP contribution in [0.3, 0.4) is 0 Å². The van der Waals surface area contributed by atoms with Gasteiger partial charge in [0, 0.05) is 29.6 Å². The van der Waals surface area contributed by atoms with Crippen molar-refractivity contribution in [3.8, 4) is 5.75 Å². The molecule has 3 aromatic carbocycles. The Morgan fingerprint density at radius 3 is 2.42 bits per heavy atom. The summed E-state index contributed by atoms with van der Waals surface area (Å²) < 4.78 is 32.7. The topological polar surface area (TPSA) is 28.3 Å². The van der Waals surface area contributed by atoms with Crippen molar-refractivity contribution in [1.29, 1.82) is 0 Å². The number of benzene rings is 3. The summed E-state index contributed by atoms with van der Waals surface area (Å²) in [5.74, 6) is -0.194. The summed E-state index contributed by atoms with van der Waals surface area (Å²) in [5, 5.41) is 2.01. The second-order valence-electron chi connectivity index (χ2n) is 7.43. The third-order valence-electron chi connectivity index (χ3n) is 5.53. The van der Waals surface area contributed by atoms with Crippen LogP contribution in [0.4, 0.5) is 8.78 Å². The number of hydrogen-bond acceptors (Lipinski definition) is 2. The number of hydrogen-bond donors (Lipinski definition) is 1. The van der Waals surface area contributed by atoms with E-state index >= 15 is 0 Å². The van der Waals surface area contributed by atoms with Crippen LogP contribution in [0.2, 0.25) is 5.02 Å². The number of rotatable bonds is 2. The summed E-state index contributed by atoms with van der Waals surface area (Å²) in [4.78, 5) is 5.47. The predicted octanol–water partition coefficient (Wildman–Crippen LogP) is 6.66. The number of nitrogens with zero attached hydrogens (tertiary/aromatic N) is 1. The molecule has 1 aliphatic heterocycles. The normalized spacial score (nSPS) is 15.7. The third kappa shape index (κ3) is 3.77. The predicted molar refractivity (Wildman–Crippen MR) is 124 cm³/mol. The number of H-pyrrole nitrogens is 1. The highest BCUT2D eigenvalue weighted by Gasteiger charge is 2.34. The van der Waals surface area contributed by atoms with Crippen LogP contribution in [0.15, 0.2) is 66.7 Å². The Hall–Kier alpha value is -2.96. The summed E-state index contributed by atoms with van der Waals surface area (Å²) >= 11 is 11.9. The maximum atomic E-state index is 13.6. The van der Waals surface area contributed by atoms with Crippen molar-refractivity contribution in [2.24, 2.45) is 0 Å². The van der Waals surface area contributed by atoms with Crippen LogP contribution in [-0.2, 0) is 6.42 Å². The fourth-order valence-electron chi connectivity index (χ4n) is 4.11. The molecule has 5 rings (SSSR count). The van der Waals surface area contributed by atoms with Gasteiger partial charge >= 0.3 is 0 Å². The number of halogens is 3. The molecule has 1 N–H and O–H groups in total. The molecule has 0 fully saturated rings. The summed E-state index contributed by atoms with van der Waals surface area (Å²) in [6.07, 6.45) is 0.736. The molecule has 0 radical (unpaired) electrons. The van der Waals surface area contributed by atoms with E-state index in [1.807, 2.05) is 23.1 Å². The van der Waals surface area contributed by atoms with E-state index in [1.54, 1.807) is 12.1 Å². The molecule has 1 aromatic heterocycles. The first-order valence-corrected chi connectivity index (χ1v) is 10.6. The van der Waals surface area contributed by atoms with Crippen LogP contribution in [0, 0.1) is 11.6 Å². The highest BCUT2D eigenvalue weighted by atomic mass is 35.5. The average molecular weight is 457 g/mol. The summed E-state index contributed by atoms with van der Waals surface area (Å²) in [6, 6.07) is 17.6. The lowest BCUT2D eigenvalue weighted by Gasteiger charge is -2.37. The van der Waals surface area contributed by atoms with E-state index in [2.05, 4.69) is 4.98 Å². The van der Waals surface area contributed by atoms with Crippen molar-refractivity contribution in [3.05, 3.63) is 100 Å². The fraction of sp³-hybridized carbons (Fsp3) is 0.125. The van der Waals surface area contributed by atoms with E-state index in [9.17, 15) is 8.78 Å². The molecule has 0 spiro atoms. The Bertz CT molecular complexity index is 1280. The SMILES string of the molecule is Fc1ccc(OC(=S)N2CCc3c([nH]c4ccc(Cl)cc34)C2c2ccc(F)cc2)cc1.[HH]. The molecule has 1 unspecified atom stereocenters. The van der Waals surface area contributed by atoms with Crippen LogP contribution in [0.5, 0.6) is 5.75 Å². The number of aromatic nitrogens is 1. The Morgan fingerprint density at radius 1 is 1.03 bits per heavy atom. The zero-order chi connectivity index (χ0) is 21.5. The third-order valence-corrected chi connectivity index (χ3v) is 6.08. The lowest BCUT2D eigenvalue weighted by molar-refractivity contribution is 0.289. The average Bonchev–Trinajstić information content (AvgIpc) is 3.13. The fourth-order valence-corrected chi connectivity index (χ4v) is 4.58.